The number of aryl methyl sites for hydroxylation is 1. The van der Waals surface area contributed by atoms with E-state index in [-0.39, 0.29) is 0 Å². The van der Waals surface area contributed by atoms with Crippen LogP contribution in [0, 0.1) is 6.92 Å². The molecule has 0 spiro atoms. The molecule has 0 radical (unpaired) electrons. The van der Waals surface area contributed by atoms with Gasteiger partial charge in [0.1, 0.15) is 0 Å². The number of aromatic amines is 1. The first-order valence-corrected chi connectivity index (χ1v) is 8.56. The number of anilines is 1. The molecule has 4 rings (SSSR count). The van der Waals surface area contributed by atoms with Gasteiger partial charge in [0.2, 0.25) is 0 Å². The van der Waals surface area contributed by atoms with E-state index in [0.29, 0.717) is 6.10 Å². The number of hydrogen-bond acceptors (Lipinski definition) is 5. The number of H-pyrrole nitrogens is 1. The van der Waals surface area contributed by atoms with Crippen molar-refractivity contribution in [1.29, 1.82) is 0 Å². The number of nitrogens with zero attached hydrogens (tertiary/aromatic N) is 5. The lowest BCUT2D eigenvalue weighted by Gasteiger charge is -2.31. The first kappa shape index (κ1) is 15.8. The molecule has 1 N–H and O–H groups in total. The quantitative estimate of drug-likeness (QED) is 0.792. The summed E-state index contributed by atoms with van der Waals surface area (Å²) in [4.78, 5) is 5.42. The van der Waals surface area contributed by atoms with Crippen molar-refractivity contribution >= 4 is 5.82 Å². The van der Waals surface area contributed by atoms with E-state index in [0.717, 1.165) is 54.5 Å². The van der Waals surface area contributed by atoms with Crippen LogP contribution in [0.4, 0.5) is 5.82 Å². The molecule has 3 aromatic heterocycles. The van der Waals surface area contributed by atoms with Gasteiger partial charge in [0.25, 0.3) is 0 Å². The van der Waals surface area contributed by atoms with Crippen molar-refractivity contribution in [1.82, 2.24) is 25.0 Å². The molecule has 1 saturated heterocycles. The van der Waals surface area contributed by atoms with Crippen LogP contribution in [0.25, 0.3) is 17.1 Å². The van der Waals surface area contributed by atoms with E-state index in [2.05, 4.69) is 26.1 Å². The molecular weight excluding hydrogens is 316 g/mol. The van der Waals surface area contributed by atoms with Gasteiger partial charge in [0, 0.05) is 44.2 Å². The highest BCUT2D eigenvalue weighted by atomic mass is 16.5. The molecule has 0 unspecified atom stereocenters. The highest BCUT2D eigenvalue weighted by Gasteiger charge is 2.23. The lowest BCUT2D eigenvalue weighted by Crippen LogP contribution is -2.36. The van der Waals surface area contributed by atoms with Crippen LogP contribution in [0.2, 0.25) is 0 Å². The summed E-state index contributed by atoms with van der Waals surface area (Å²) in [5.41, 5.74) is 2.97. The third kappa shape index (κ3) is 3.15. The van der Waals surface area contributed by atoms with Gasteiger partial charge in [0.15, 0.2) is 11.6 Å². The third-order valence-corrected chi connectivity index (χ3v) is 4.69. The Labute approximate surface area is 146 Å². The van der Waals surface area contributed by atoms with Gasteiger partial charge in [-0.15, -0.1) is 10.2 Å². The average molecular weight is 338 g/mol. The summed E-state index contributed by atoms with van der Waals surface area (Å²) < 4.78 is 7.34. The van der Waals surface area contributed by atoms with Crippen molar-refractivity contribution in [2.75, 3.05) is 25.1 Å². The molecule has 25 heavy (non-hydrogen) atoms. The van der Waals surface area contributed by atoms with Crippen molar-refractivity contribution in [2.45, 2.75) is 25.9 Å². The predicted octanol–water partition coefficient (Wildman–Crippen LogP) is 2.58. The molecule has 0 amide bonds. The zero-order valence-electron chi connectivity index (χ0n) is 14.5. The second kappa shape index (κ2) is 6.68. The summed E-state index contributed by atoms with van der Waals surface area (Å²) in [6.45, 7) is 3.82. The van der Waals surface area contributed by atoms with Crippen LogP contribution >= 0.6 is 0 Å². The highest BCUT2D eigenvalue weighted by Crippen LogP contribution is 2.28. The maximum absolute atomic E-state index is 5.47. The Morgan fingerprint density at radius 1 is 1.12 bits per heavy atom. The fourth-order valence-corrected chi connectivity index (χ4v) is 3.21. The van der Waals surface area contributed by atoms with Crippen LogP contribution in [-0.4, -0.2) is 51.3 Å². The Hall–Kier alpha value is -2.67. The van der Waals surface area contributed by atoms with Crippen molar-refractivity contribution < 1.29 is 4.74 Å². The molecule has 3 aromatic rings. The molecule has 0 saturated carbocycles. The lowest BCUT2D eigenvalue weighted by molar-refractivity contribution is 0.0818. The van der Waals surface area contributed by atoms with Crippen LogP contribution in [0.1, 0.15) is 18.5 Å². The number of piperidine rings is 1. The molecule has 1 aliphatic heterocycles. The average Bonchev–Trinajstić information content (AvgIpc) is 3.32. The fourth-order valence-electron chi connectivity index (χ4n) is 3.21. The van der Waals surface area contributed by atoms with Crippen molar-refractivity contribution in [3.8, 4) is 17.1 Å². The Bertz CT molecular complexity index is 816. The number of methoxy groups -OCH3 is 1. The second-order valence-corrected chi connectivity index (χ2v) is 6.35. The topological polar surface area (TPSA) is 71.9 Å². The van der Waals surface area contributed by atoms with Gasteiger partial charge in [-0.1, -0.05) is 0 Å². The van der Waals surface area contributed by atoms with Gasteiger partial charge in [0.05, 0.1) is 17.5 Å². The number of nitrogens with one attached hydrogen (secondary N) is 1. The van der Waals surface area contributed by atoms with E-state index in [1.54, 1.807) is 7.11 Å². The van der Waals surface area contributed by atoms with E-state index in [1.165, 1.54) is 0 Å². The van der Waals surface area contributed by atoms with Gasteiger partial charge >= 0.3 is 0 Å². The van der Waals surface area contributed by atoms with Crippen molar-refractivity contribution in [2.24, 2.45) is 0 Å². The van der Waals surface area contributed by atoms with E-state index < -0.39 is 0 Å². The number of ether oxygens (including phenoxy) is 1. The van der Waals surface area contributed by atoms with Crippen LogP contribution in [0.3, 0.4) is 0 Å². The summed E-state index contributed by atoms with van der Waals surface area (Å²) in [6.07, 6.45) is 6.28. The van der Waals surface area contributed by atoms with Crippen LogP contribution in [0.5, 0.6) is 0 Å². The minimum absolute atomic E-state index is 0.352. The van der Waals surface area contributed by atoms with E-state index in [4.69, 9.17) is 9.84 Å². The normalized spacial score (nSPS) is 15.7. The minimum Gasteiger partial charge on any atom is -0.381 e. The Morgan fingerprint density at radius 3 is 2.60 bits per heavy atom. The zero-order valence-corrected chi connectivity index (χ0v) is 14.5. The minimum atomic E-state index is 0.352. The van der Waals surface area contributed by atoms with E-state index in [9.17, 15) is 0 Å². The SMILES string of the molecule is COC1CCN(c2cc(-c3cc[nH]c3)n(-c3ccc(C)nn3)n2)CC1. The molecule has 7 nitrogen and oxygen atoms in total. The molecule has 0 aliphatic carbocycles. The van der Waals surface area contributed by atoms with Gasteiger partial charge < -0.3 is 14.6 Å². The van der Waals surface area contributed by atoms with E-state index >= 15 is 0 Å². The summed E-state index contributed by atoms with van der Waals surface area (Å²) in [5.74, 6) is 1.69. The Kier molecular flexibility index (Phi) is 4.23. The molecule has 0 atom stereocenters. The Balaban J connectivity index is 1.70. The third-order valence-electron chi connectivity index (χ3n) is 4.69. The zero-order chi connectivity index (χ0) is 17.2. The monoisotopic (exact) mass is 338 g/mol. The van der Waals surface area contributed by atoms with Gasteiger partial charge in [-0.05, 0) is 38.0 Å². The molecule has 1 fully saturated rings. The van der Waals surface area contributed by atoms with Crippen LogP contribution in [-0.2, 0) is 4.74 Å². The smallest absolute Gasteiger partial charge is 0.176 e. The van der Waals surface area contributed by atoms with Gasteiger partial charge in [-0.3, -0.25) is 0 Å². The summed E-state index contributed by atoms with van der Waals surface area (Å²) in [6, 6.07) is 8.06. The summed E-state index contributed by atoms with van der Waals surface area (Å²) in [7, 11) is 1.79. The summed E-state index contributed by atoms with van der Waals surface area (Å²) in [5, 5.41) is 13.3. The maximum Gasteiger partial charge on any atom is 0.176 e. The van der Waals surface area contributed by atoms with Crippen LogP contribution < -0.4 is 4.90 Å². The molecule has 7 heteroatoms. The first-order valence-electron chi connectivity index (χ1n) is 8.56. The molecule has 0 aromatic carbocycles. The standard InChI is InChI=1S/C18H22N6O/c1-13-3-4-17(21-20-13)24-16(14-5-8-19-12-14)11-18(22-24)23-9-6-15(25-2)7-10-23/h3-5,8,11-12,15,19H,6-7,9-10H2,1-2H3. The Morgan fingerprint density at radius 2 is 1.96 bits per heavy atom. The highest BCUT2D eigenvalue weighted by molar-refractivity contribution is 5.65. The fraction of sp³-hybridized carbons (Fsp3) is 0.389. The van der Waals surface area contributed by atoms with Crippen molar-refractivity contribution in [3.05, 3.63) is 42.4 Å². The first-order chi connectivity index (χ1) is 12.2. The van der Waals surface area contributed by atoms with Crippen molar-refractivity contribution in [3.63, 3.8) is 0 Å². The molecule has 0 bridgehead atoms. The van der Waals surface area contributed by atoms with Crippen LogP contribution in [0.15, 0.2) is 36.7 Å². The van der Waals surface area contributed by atoms with E-state index in [1.807, 2.05) is 42.2 Å². The molecule has 1 aliphatic rings. The molecular formula is C18H22N6O. The number of rotatable bonds is 4. The summed E-state index contributed by atoms with van der Waals surface area (Å²) >= 11 is 0. The largest absolute Gasteiger partial charge is 0.381 e. The molecule has 4 heterocycles. The van der Waals surface area contributed by atoms with Gasteiger partial charge in [-0.2, -0.15) is 5.10 Å². The lowest BCUT2D eigenvalue weighted by atomic mass is 10.1. The van der Waals surface area contributed by atoms with Gasteiger partial charge in [-0.25, -0.2) is 4.68 Å². The molecule has 130 valence electrons. The predicted molar refractivity (Wildman–Crippen MR) is 95.9 cm³/mol. The maximum atomic E-state index is 5.47. The number of hydrogen-bond donors (Lipinski definition) is 1. The number of aromatic nitrogens is 5. The second-order valence-electron chi connectivity index (χ2n) is 6.35.